The fourth-order valence-electron chi connectivity index (χ4n) is 13.5. The number of hydrogen-bond acceptors (Lipinski definition) is 5. The van der Waals surface area contributed by atoms with Gasteiger partial charge in [0.15, 0.2) is 0 Å². The second-order valence-corrected chi connectivity index (χ2v) is 24.2. The number of aromatic nitrogens is 1. The van der Waals surface area contributed by atoms with Gasteiger partial charge in [-0.05, 0) is 148 Å². The summed E-state index contributed by atoms with van der Waals surface area (Å²) in [6.07, 6.45) is 0. The fraction of sp³-hybridized carbons (Fsp3) is 0.108. The minimum atomic E-state index is -0.138. The molecular weight excluding hydrogens is 986 g/mol. The molecule has 0 N–H and O–H groups in total. The molecule has 13 aromatic rings. The molecule has 5 heterocycles. The molecule has 0 aliphatic carbocycles. The summed E-state index contributed by atoms with van der Waals surface area (Å²) in [5.74, 6) is 0. The van der Waals surface area contributed by atoms with E-state index in [-0.39, 0.29) is 17.5 Å². The molecule has 0 saturated carbocycles. The Balaban J connectivity index is 1.02. The number of furan rings is 1. The lowest BCUT2D eigenvalue weighted by Gasteiger charge is -2.47. The summed E-state index contributed by atoms with van der Waals surface area (Å²) in [7, 11) is 0. The molecule has 0 bridgehead atoms. The lowest BCUT2D eigenvalue weighted by Crippen LogP contribution is -2.61. The van der Waals surface area contributed by atoms with E-state index in [4.69, 9.17) is 4.42 Å². The first-order valence-corrected chi connectivity index (χ1v) is 28.4. The topological polar surface area (TPSA) is 31.0 Å². The molecule has 0 saturated heterocycles. The van der Waals surface area contributed by atoms with Gasteiger partial charge in [-0.3, -0.25) is 0 Å². The van der Waals surface area contributed by atoms with Gasteiger partial charge in [0.25, 0.3) is 6.71 Å². The summed E-state index contributed by atoms with van der Waals surface area (Å²) >= 11 is 0. The normalized spacial score (nSPS) is 13.2. The summed E-state index contributed by atoms with van der Waals surface area (Å²) < 4.78 is 9.33. The van der Waals surface area contributed by atoms with Crippen LogP contribution in [0.4, 0.5) is 68.2 Å². The zero-order valence-electron chi connectivity index (χ0n) is 46.3. The molecule has 2 aromatic heterocycles. The van der Waals surface area contributed by atoms with Crippen molar-refractivity contribution in [2.75, 3.05) is 19.6 Å². The minimum Gasteiger partial charge on any atom is -0.456 e. The van der Waals surface area contributed by atoms with E-state index >= 15 is 0 Å². The van der Waals surface area contributed by atoms with Crippen LogP contribution in [-0.4, -0.2) is 11.3 Å². The lowest BCUT2D eigenvalue weighted by molar-refractivity contribution is 0.590. The average Bonchev–Trinajstić information content (AvgIpc) is 2.57. The van der Waals surface area contributed by atoms with Crippen LogP contribution in [0.2, 0.25) is 0 Å². The van der Waals surface area contributed by atoms with Crippen molar-refractivity contribution in [3.05, 3.63) is 254 Å². The Bertz CT molecular complexity index is 4580. The van der Waals surface area contributed by atoms with Crippen molar-refractivity contribution in [3.63, 3.8) is 0 Å². The van der Waals surface area contributed by atoms with Gasteiger partial charge >= 0.3 is 0 Å². The maximum atomic E-state index is 6.80. The molecule has 388 valence electrons. The SMILES string of the molecule is CC(C)(C)c1ccc(N(c2ccc(C(C)(C)C)cc2)c2ccc3c(c2)N(c2ccc4c(c2)oc2ccccc24)c2cc(N(c4ccccc4)c4ccccc4)cc4c2B3c2cccc3c2N4c2cccc4c5ccccc5n-3c24)cc1. The van der Waals surface area contributed by atoms with Crippen LogP contribution in [-0.2, 0) is 10.8 Å². The number of benzene rings is 11. The van der Waals surface area contributed by atoms with Crippen molar-refractivity contribution < 1.29 is 4.42 Å². The summed E-state index contributed by atoms with van der Waals surface area (Å²) in [5.41, 5.74) is 24.9. The number of hydrogen-bond donors (Lipinski definition) is 0. The van der Waals surface area contributed by atoms with E-state index in [1.807, 2.05) is 0 Å². The van der Waals surface area contributed by atoms with Crippen LogP contribution in [0.15, 0.2) is 247 Å². The van der Waals surface area contributed by atoms with Crippen LogP contribution >= 0.6 is 0 Å². The number of para-hydroxylation sites is 6. The maximum Gasteiger partial charge on any atom is 0.252 e. The summed E-state index contributed by atoms with van der Waals surface area (Å²) in [6, 6.07) is 90.2. The number of anilines is 12. The Kier molecular flexibility index (Phi) is 10.2. The molecule has 0 radical (unpaired) electrons. The van der Waals surface area contributed by atoms with Gasteiger partial charge in [0.1, 0.15) is 11.2 Å². The van der Waals surface area contributed by atoms with Gasteiger partial charge in [0, 0.05) is 78.8 Å². The van der Waals surface area contributed by atoms with Crippen LogP contribution in [0, 0.1) is 0 Å². The molecule has 11 aromatic carbocycles. The maximum absolute atomic E-state index is 6.80. The van der Waals surface area contributed by atoms with Crippen LogP contribution in [0.1, 0.15) is 52.7 Å². The monoisotopic (exact) mass is 1040 g/mol. The fourth-order valence-corrected chi connectivity index (χ4v) is 13.5. The highest BCUT2D eigenvalue weighted by atomic mass is 16.3. The van der Waals surface area contributed by atoms with Crippen molar-refractivity contribution in [2.24, 2.45) is 0 Å². The third-order valence-corrected chi connectivity index (χ3v) is 17.3. The highest BCUT2D eigenvalue weighted by Crippen LogP contribution is 2.54. The quantitative estimate of drug-likeness (QED) is 0.149. The summed E-state index contributed by atoms with van der Waals surface area (Å²) in [6.45, 7) is 13.6. The third-order valence-electron chi connectivity index (χ3n) is 17.3. The van der Waals surface area contributed by atoms with Crippen molar-refractivity contribution in [2.45, 2.75) is 52.4 Å². The first-order valence-electron chi connectivity index (χ1n) is 28.4. The van der Waals surface area contributed by atoms with Gasteiger partial charge in [-0.1, -0.05) is 169 Å². The van der Waals surface area contributed by atoms with Crippen molar-refractivity contribution in [1.29, 1.82) is 0 Å². The third kappa shape index (κ3) is 7.14. The van der Waals surface area contributed by atoms with E-state index in [9.17, 15) is 0 Å². The molecule has 0 atom stereocenters. The van der Waals surface area contributed by atoms with Gasteiger partial charge in [0.2, 0.25) is 0 Å². The smallest absolute Gasteiger partial charge is 0.252 e. The second kappa shape index (κ2) is 17.4. The van der Waals surface area contributed by atoms with E-state index in [1.165, 1.54) is 60.7 Å². The Morgan fingerprint density at radius 2 is 0.889 bits per heavy atom. The summed E-state index contributed by atoms with van der Waals surface area (Å²) in [5, 5.41) is 4.69. The van der Waals surface area contributed by atoms with Gasteiger partial charge in [-0.2, -0.15) is 0 Å². The number of fused-ring (bicyclic) bond motifs is 12. The zero-order chi connectivity index (χ0) is 54.5. The molecule has 0 spiro atoms. The summed E-state index contributed by atoms with van der Waals surface area (Å²) in [4.78, 5) is 10.0. The molecule has 0 fully saturated rings. The van der Waals surface area contributed by atoms with Gasteiger partial charge in [-0.25, -0.2) is 0 Å². The van der Waals surface area contributed by atoms with Gasteiger partial charge in [0.05, 0.1) is 33.8 Å². The Morgan fingerprint density at radius 1 is 0.358 bits per heavy atom. The lowest BCUT2D eigenvalue weighted by atomic mass is 9.33. The number of nitrogens with zero attached hydrogens (tertiary/aromatic N) is 5. The standard InChI is InChI=1S/C74H58BN5O/c1-73(2,3)47-31-35-51(36-32-47)76(52-37-33-48(34-38-52)74(4,5)6)53-40-42-60-65(43-53)78(54-39-41-58-57-24-14-16-30-68(57)81-69(58)46-54)66-44-55(77(49-19-9-7-10-20-49)50-21-11-8-12-22-50)45-67-70(66)75(60)61-26-18-29-64-72(61)80(67)63-28-17-25-59-56-23-13-15-27-62(56)79(64)71(59)63/h7-46H,1-6H3. The van der Waals surface area contributed by atoms with Crippen LogP contribution in [0.3, 0.4) is 0 Å². The highest BCUT2D eigenvalue weighted by Gasteiger charge is 2.47. The van der Waals surface area contributed by atoms with Gasteiger partial charge < -0.3 is 28.6 Å². The van der Waals surface area contributed by atoms with E-state index in [0.717, 1.165) is 84.5 Å². The molecule has 0 unspecified atom stereocenters. The van der Waals surface area contributed by atoms with E-state index in [0.29, 0.717) is 0 Å². The molecule has 7 heteroatoms. The molecule has 81 heavy (non-hydrogen) atoms. The minimum absolute atomic E-state index is 0.00141. The van der Waals surface area contributed by atoms with E-state index < -0.39 is 0 Å². The molecule has 3 aliphatic rings. The van der Waals surface area contributed by atoms with Crippen LogP contribution in [0.25, 0.3) is 49.4 Å². The van der Waals surface area contributed by atoms with Crippen molar-refractivity contribution in [3.8, 4) is 5.69 Å². The predicted octanol–water partition coefficient (Wildman–Crippen LogP) is 18.6. The highest BCUT2D eigenvalue weighted by molar-refractivity contribution is 7.00. The number of rotatable bonds is 7. The Morgan fingerprint density at radius 3 is 1.57 bits per heavy atom. The van der Waals surface area contributed by atoms with Crippen LogP contribution < -0.4 is 36.0 Å². The Labute approximate surface area is 473 Å². The predicted molar refractivity (Wildman–Crippen MR) is 342 cm³/mol. The second-order valence-electron chi connectivity index (χ2n) is 24.2. The Hall–Kier alpha value is -9.72. The molecular formula is C74H58BN5O. The largest absolute Gasteiger partial charge is 0.456 e. The average molecular weight is 1040 g/mol. The molecule has 16 rings (SSSR count). The van der Waals surface area contributed by atoms with Crippen molar-refractivity contribution in [1.82, 2.24) is 4.57 Å². The zero-order valence-corrected chi connectivity index (χ0v) is 46.3. The molecule has 0 amide bonds. The van der Waals surface area contributed by atoms with Crippen LogP contribution in [0.5, 0.6) is 0 Å². The van der Waals surface area contributed by atoms with Crippen molar-refractivity contribution >= 4 is 135 Å². The van der Waals surface area contributed by atoms with E-state index in [1.54, 1.807) is 0 Å². The molecule has 3 aliphatic heterocycles. The first kappa shape index (κ1) is 47.3. The molecule has 6 nitrogen and oxygen atoms in total. The first-order chi connectivity index (χ1) is 39.5. The van der Waals surface area contributed by atoms with E-state index in [2.05, 4.69) is 308 Å². The van der Waals surface area contributed by atoms with Gasteiger partial charge in [-0.15, -0.1) is 0 Å².